The van der Waals surface area contributed by atoms with E-state index in [4.69, 9.17) is 33.7 Å². The first-order valence-electron chi connectivity index (χ1n) is 9.16. The highest BCUT2D eigenvalue weighted by molar-refractivity contribution is 6.35. The molecular weight excluding hydrogens is 401 g/mol. The van der Waals surface area contributed by atoms with Crippen molar-refractivity contribution in [3.63, 3.8) is 0 Å². The molecule has 0 saturated carbocycles. The maximum Gasteiger partial charge on any atom is 0.254 e. The van der Waals surface area contributed by atoms with Crippen molar-refractivity contribution < 1.29 is 9.53 Å². The molecule has 9 heteroatoms. The molecule has 4 rings (SSSR count). The fourth-order valence-electron chi connectivity index (χ4n) is 3.92. The van der Waals surface area contributed by atoms with E-state index in [0.29, 0.717) is 54.3 Å². The predicted octanol–water partition coefficient (Wildman–Crippen LogP) is 2.72. The number of amides is 1. The van der Waals surface area contributed by atoms with E-state index in [1.807, 2.05) is 22.8 Å². The van der Waals surface area contributed by atoms with Crippen LogP contribution in [0.4, 0.5) is 11.6 Å². The van der Waals surface area contributed by atoms with Gasteiger partial charge in [-0.05, 0) is 36.6 Å². The summed E-state index contributed by atoms with van der Waals surface area (Å²) in [7, 11) is 0. The van der Waals surface area contributed by atoms with Crippen LogP contribution in [0.25, 0.3) is 0 Å². The van der Waals surface area contributed by atoms with Gasteiger partial charge in [-0.1, -0.05) is 23.2 Å². The van der Waals surface area contributed by atoms with E-state index < -0.39 is 6.10 Å². The largest absolute Gasteiger partial charge is 0.382 e. The standard InChI is InChI=1S/C19H21Cl2N5O2/c1-11-18-12(6-13(20)7-14(18)21)2-3-26(11)19(27)15-10-25(4-5-28-15)17-9-23-8-16(22)24-17/h6-9,11,15H,2-5,10H2,1H3,(H2,22,24)/t11-,15+/m0/s1. The van der Waals surface area contributed by atoms with Crippen LogP contribution in [-0.4, -0.2) is 53.1 Å². The second-order valence-electron chi connectivity index (χ2n) is 7.03. The molecular formula is C19H21Cl2N5O2. The Morgan fingerprint density at radius 2 is 2.11 bits per heavy atom. The lowest BCUT2D eigenvalue weighted by atomic mass is 9.93. The molecule has 0 bridgehead atoms. The van der Waals surface area contributed by atoms with E-state index in [1.165, 1.54) is 6.20 Å². The summed E-state index contributed by atoms with van der Waals surface area (Å²) in [6, 6.07) is 3.51. The van der Waals surface area contributed by atoms with Gasteiger partial charge >= 0.3 is 0 Å². The number of hydrogen-bond acceptors (Lipinski definition) is 6. The molecule has 2 atom stereocenters. The lowest BCUT2D eigenvalue weighted by Crippen LogP contribution is -2.53. The molecule has 1 aromatic heterocycles. The van der Waals surface area contributed by atoms with Crippen LogP contribution in [-0.2, 0) is 16.0 Å². The van der Waals surface area contributed by atoms with Crippen LogP contribution >= 0.6 is 23.2 Å². The first kappa shape index (κ1) is 19.2. The van der Waals surface area contributed by atoms with Crippen LogP contribution in [0, 0.1) is 0 Å². The van der Waals surface area contributed by atoms with Gasteiger partial charge in [0.2, 0.25) is 0 Å². The molecule has 1 aromatic carbocycles. The van der Waals surface area contributed by atoms with E-state index in [9.17, 15) is 4.79 Å². The van der Waals surface area contributed by atoms with Crippen LogP contribution in [0.5, 0.6) is 0 Å². The molecule has 0 aliphatic carbocycles. The molecule has 1 amide bonds. The van der Waals surface area contributed by atoms with Crippen molar-refractivity contribution in [1.29, 1.82) is 0 Å². The third-order valence-corrected chi connectivity index (χ3v) is 5.81. The molecule has 0 spiro atoms. The van der Waals surface area contributed by atoms with Gasteiger partial charge in [-0.15, -0.1) is 0 Å². The molecule has 2 aromatic rings. The number of carbonyl (C=O) groups is 1. The average molecular weight is 422 g/mol. The molecule has 2 aliphatic heterocycles. The number of benzene rings is 1. The van der Waals surface area contributed by atoms with Crippen LogP contribution < -0.4 is 10.6 Å². The number of fused-ring (bicyclic) bond motifs is 1. The molecule has 1 saturated heterocycles. The summed E-state index contributed by atoms with van der Waals surface area (Å²) >= 11 is 12.6. The van der Waals surface area contributed by atoms with Gasteiger partial charge in [-0.3, -0.25) is 9.78 Å². The Kier molecular flexibility index (Phi) is 5.31. The Bertz CT molecular complexity index is 910. The van der Waals surface area contributed by atoms with Crippen LogP contribution in [0.2, 0.25) is 10.0 Å². The zero-order valence-corrected chi connectivity index (χ0v) is 17.0. The van der Waals surface area contributed by atoms with E-state index in [0.717, 1.165) is 11.1 Å². The molecule has 148 valence electrons. The van der Waals surface area contributed by atoms with E-state index in [1.54, 1.807) is 12.3 Å². The normalized spacial score (nSPS) is 22.1. The van der Waals surface area contributed by atoms with Crippen molar-refractivity contribution in [1.82, 2.24) is 14.9 Å². The summed E-state index contributed by atoms with van der Waals surface area (Å²) in [6.45, 7) is 4.05. The fourth-order valence-corrected chi connectivity index (χ4v) is 4.61. The number of nitrogen functional groups attached to an aromatic ring is 1. The number of hydrogen-bond donors (Lipinski definition) is 1. The number of nitrogens with zero attached hydrogens (tertiary/aromatic N) is 4. The minimum Gasteiger partial charge on any atom is -0.382 e. The second kappa shape index (κ2) is 7.73. The average Bonchev–Trinajstić information content (AvgIpc) is 2.67. The molecule has 2 N–H and O–H groups in total. The van der Waals surface area contributed by atoms with Crippen molar-refractivity contribution >= 4 is 40.7 Å². The van der Waals surface area contributed by atoms with E-state index in [-0.39, 0.29) is 11.9 Å². The van der Waals surface area contributed by atoms with Gasteiger partial charge in [-0.2, -0.15) is 0 Å². The molecule has 0 radical (unpaired) electrons. The summed E-state index contributed by atoms with van der Waals surface area (Å²) in [6.07, 6.45) is 3.28. The van der Waals surface area contributed by atoms with Gasteiger partial charge in [0.25, 0.3) is 5.91 Å². The number of halogens is 2. The predicted molar refractivity (Wildman–Crippen MR) is 109 cm³/mol. The van der Waals surface area contributed by atoms with Gasteiger partial charge < -0.3 is 20.3 Å². The molecule has 1 fully saturated rings. The van der Waals surface area contributed by atoms with E-state index >= 15 is 0 Å². The summed E-state index contributed by atoms with van der Waals surface area (Å²) in [5.41, 5.74) is 7.79. The lowest BCUT2D eigenvalue weighted by Gasteiger charge is -2.40. The van der Waals surface area contributed by atoms with Gasteiger partial charge in [0.1, 0.15) is 11.6 Å². The van der Waals surface area contributed by atoms with Crippen molar-refractivity contribution in [3.05, 3.63) is 45.7 Å². The molecule has 0 unspecified atom stereocenters. The molecule has 2 aliphatic rings. The number of aromatic nitrogens is 2. The Hall–Kier alpha value is -2.09. The SMILES string of the molecule is C[C@H]1c2c(Cl)cc(Cl)cc2CCN1C(=O)[C@H]1CN(c2cncc(N)n2)CCO1. The minimum atomic E-state index is -0.577. The summed E-state index contributed by atoms with van der Waals surface area (Å²) in [5.74, 6) is 0.947. The van der Waals surface area contributed by atoms with Crippen molar-refractivity contribution in [2.24, 2.45) is 0 Å². The number of ether oxygens (including phenoxy) is 1. The Morgan fingerprint density at radius 1 is 1.29 bits per heavy atom. The van der Waals surface area contributed by atoms with Crippen LogP contribution in [0.1, 0.15) is 24.1 Å². The number of morpholine rings is 1. The molecule has 7 nitrogen and oxygen atoms in total. The quantitative estimate of drug-likeness (QED) is 0.801. The number of rotatable bonds is 2. The zero-order valence-electron chi connectivity index (χ0n) is 15.4. The topological polar surface area (TPSA) is 84.6 Å². The maximum atomic E-state index is 13.2. The minimum absolute atomic E-state index is 0.0503. The van der Waals surface area contributed by atoms with Crippen LogP contribution in [0.3, 0.4) is 0 Å². The van der Waals surface area contributed by atoms with Gasteiger partial charge in [0, 0.05) is 23.1 Å². The smallest absolute Gasteiger partial charge is 0.254 e. The third-order valence-electron chi connectivity index (χ3n) is 5.28. The van der Waals surface area contributed by atoms with Gasteiger partial charge in [0.15, 0.2) is 6.10 Å². The third kappa shape index (κ3) is 3.62. The maximum absolute atomic E-state index is 13.2. The highest BCUT2D eigenvalue weighted by Gasteiger charge is 2.36. The van der Waals surface area contributed by atoms with Gasteiger partial charge in [0.05, 0.1) is 31.6 Å². The first-order valence-corrected chi connectivity index (χ1v) is 9.92. The van der Waals surface area contributed by atoms with Gasteiger partial charge in [-0.25, -0.2) is 4.98 Å². The van der Waals surface area contributed by atoms with Crippen molar-refractivity contribution in [3.8, 4) is 0 Å². The molecule has 28 heavy (non-hydrogen) atoms. The fraction of sp³-hybridized carbons (Fsp3) is 0.421. The second-order valence-corrected chi connectivity index (χ2v) is 7.87. The monoisotopic (exact) mass is 421 g/mol. The first-order chi connectivity index (χ1) is 13.4. The number of nitrogens with two attached hydrogens (primary N) is 1. The number of carbonyl (C=O) groups excluding carboxylic acids is 1. The Labute approximate surface area is 173 Å². The highest BCUT2D eigenvalue weighted by Crippen LogP contribution is 2.37. The Morgan fingerprint density at radius 3 is 2.89 bits per heavy atom. The highest BCUT2D eigenvalue weighted by atomic mass is 35.5. The van der Waals surface area contributed by atoms with Crippen molar-refractivity contribution in [2.45, 2.75) is 25.5 Å². The Balaban J connectivity index is 1.52. The zero-order chi connectivity index (χ0) is 19.8. The summed E-state index contributed by atoms with van der Waals surface area (Å²) in [4.78, 5) is 25.4. The van der Waals surface area contributed by atoms with Crippen LogP contribution in [0.15, 0.2) is 24.5 Å². The summed E-state index contributed by atoms with van der Waals surface area (Å²) in [5, 5.41) is 1.21. The number of anilines is 2. The lowest BCUT2D eigenvalue weighted by molar-refractivity contribution is -0.147. The van der Waals surface area contributed by atoms with Crippen molar-refractivity contribution in [2.75, 3.05) is 36.9 Å². The molecule has 3 heterocycles. The summed E-state index contributed by atoms with van der Waals surface area (Å²) < 4.78 is 5.79. The van der Waals surface area contributed by atoms with E-state index in [2.05, 4.69) is 9.97 Å².